The van der Waals surface area contributed by atoms with E-state index in [4.69, 9.17) is 0 Å². The Morgan fingerprint density at radius 2 is 2.29 bits per heavy atom. The highest BCUT2D eigenvalue weighted by atomic mass is 32.2. The van der Waals surface area contributed by atoms with Gasteiger partial charge in [-0.2, -0.15) is 0 Å². The molecule has 0 aliphatic carbocycles. The summed E-state index contributed by atoms with van der Waals surface area (Å²) in [5, 5.41) is 1.38. The molecule has 3 nitrogen and oxygen atoms in total. The number of rotatable bonds is 4. The van der Waals surface area contributed by atoms with Crippen LogP contribution in [0.4, 0.5) is 0 Å². The summed E-state index contributed by atoms with van der Waals surface area (Å²) < 4.78 is 1.81. The van der Waals surface area contributed by atoms with E-state index in [0.29, 0.717) is 11.8 Å². The summed E-state index contributed by atoms with van der Waals surface area (Å²) >= 11 is 3.37. The van der Waals surface area contributed by atoms with E-state index in [9.17, 15) is 4.79 Å². The predicted molar refractivity (Wildman–Crippen MR) is 74.2 cm³/mol. The van der Waals surface area contributed by atoms with Crippen molar-refractivity contribution in [3.05, 3.63) is 16.0 Å². The molecule has 0 aromatic carbocycles. The monoisotopic (exact) mass is 270 g/mol. The van der Waals surface area contributed by atoms with Crippen LogP contribution in [0.1, 0.15) is 32.9 Å². The van der Waals surface area contributed by atoms with Crippen LogP contribution in [0.3, 0.4) is 0 Å². The summed E-state index contributed by atoms with van der Waals surface area (Å²) in [6.45, 7) is 7.02. The van der Waals surface area contributed by atoms with Crippen molar-refractivity contribution in [2.24, 2.45) is 0 Å². The quantitative estimate of drug-likeness (QED) is 0.622. The second-order valence-corrected chi connectivity index (χ2v) is 6.71. The summed E-state index contributed by atoms with van der Waals surface area (Å²) in [4.78, 5) is 17.9. The molecule has 17 heavy (non-hydrogen) atoms. The second kappa shape index (κ2) is 5.48. The van der Waals surface area contributed by atoms with Gasteiger partial charge in [-0.05, 0) is 13.3 Å². The van der Waals surface area contributed by atoms with Gasteiger partial charge < -0.3 is 0 Å². The largest absolute Gasteiger partial charge is 0.287 e. The van der Waals surface area contributed by atoms with Gasteiger partial charge >= 0.3 is 0 Å². The van der Waals surface area contributed by atoms with E-state index in [1.807, 2.05) is 11.5 Å². The fourth-order valence-electron chi connectivity index (χ4n) is 1.91. The van der Waals surface area contributed by atoms with Crippen molar-refractivity contribution in [3.63, 3.8) is 0 Å². The SMILES string of the molecule is CCCSc1nc2c(c(=O)n1CC)S[C@@H](C)C2. The molecule has 1 aromatic heterocycles. The Labute approximate surface area is 110 Å². The number of fused-ring (bicyclic) bond motifs is 1. The van der Waals surface area contributed by atoms with Crippen molar-refractivity contribution in [1.82, 2.24) is 9.55 Å². The molecular formula is C12H18N2OS2. The molecule has 0 bridgehead atoms. The molecule has 94 valence electrons. The number of nitrogens with zero attached hydrogens (tertiary/aromatic N) is 2. The first-order valence-electron chi connectivity index (χ1n) is 6.10. The van der Waals surface area contributed by atoms with Crippen molar-refractivity contribution in [1.29, 1.82) is 0 Å². The van der Waals surface area contributed by atoms with Gasteiger partial charge in [0.15, 0.2) is 5.16 Å². The zero-order valence-corrected chi connectivity index (χ0v) is 12.2. The Morgan fingerprint density at radius 3 is 2.94 bits per heavy atom. The zero-order chi connectivity index (χ0) is 12.4. The topological polar surface area (TPSA) is 34.9 Å². The van der Waals surface area contributed by atoms with E-state index in [1.54, 1.807) is 23.5 Å². The van der Waals surface area contributed by atoms with Crippen LogP contribution in [0.15, 0.2) is 14.8 Å². The normalized spacial score (nSPS) is 18.4. The third-order valence-electron chi connectivity index (χ3n) is 2.71. The second-order valence-electron chi connectivity index (χ2n) is 4.20. The fourth-order valence-corrected chi connectivity index (χ4v) is 3.96. The molecule has 0 unspecified atom stereocenters. The molecule has 0 N–H and O–H groups in total. The standard InChI is InChI=1S/C12H18N2OS2/c1-4-6-16-12-13-9-7-8(3)17-10(9)11(15)14(12)5-2/h8H,4-7H2,1-3H3/t8-/m0/s1. The fraction of sp³-hybridized carbons (Fsp3) is 0.667. The first-order chi connectivity index (χ1) is 8.17. The average molecular weight is 270 g/mol. The van der Waals surface area contributed by atoms with Crippen LogP contribution < -0.4 is 5.56 Å². The minimum atomic E-state index is 0.158. The molecule has 0 fully saturated rings. The lowest BCUT2D eigenvalue weighted by molar-refractivity contribution is 0.595. The lowest BCUT2D eigenvalue weighted by atomic mass is 10.2. The van der Waals surface area contributed by atoms with Crippen LogP contribution in [0.25, 0.3) is 0 Å². The molecular weight excluding hydrogens is 252 g/mol. The van der Waals surface area contributed by atoms with E-state index in [1.165, 1.54) is 0 Å². The molecule has 2 rings (SSSR count). The highest BCUT2D eigenvalue weighted by Crippen LogP contribution is 2.34. The lowest BCUT2D eigenvalue weighted by Gasteiger charge is -2.10. The third-order valence-corrected chi connectivity index (χ3v) is 5.11. The number of hydrogen-bond acceptors (Lipinski definition) is 4. The van der Waals surface area contributed by atoms with Gasteiger partial charge in [0, 0.05) is 24.0 Å². The van der Waals surface area contributed by atoms with Gasteiger partial charge in [0.1, 0.15) is 0 Å². The van der Waals surface area contributed by atoms with Crippen molar-refractivity contribution in [3.8, 4) is 0 Å². The summed E-state index contributed by atoms with van der Waals surface area (Å²) in [5.41, 5.74) is 1.17. The van der Waals surface area contributed by atoms with Crippen molar-refractivity contribution >= 4 is 23.5 Å². The number of hydrogen-bond donors (Lipinski definition) is 0. The molecule has 0 radical (unpaired) electrons. The van der Waals surface area contributed by atoms with Gasteiger partial charge in [0.2, 0.25) is 0 Å². The van der Waals surface area contributed by atoms with E-state index < -0.39 is 0 Å². The van der Waals surface area contributed by atoms with E-state index in [0.717, 1.165) is 34.3 Å². The summed E-state index contributed by atoms with van der Waals surface area (Å²) in [5.74, 6) is 1.02. The lowest BCUT2D eigenvalue weighted by Crippen LogP contribution is -2.24. The summed E-state index contributed by atoms with van der Waals surface area (Å²) in [6.07, 6.45) is 2.03. The van der Waals surface area contributed by atoms with Crippen molar-refractivity contribution < 1.29 is 0 Å². The van der Waals surface area contributed by atoms with Gasteiger partial charge in [-0.15, -0.1) is 11.8 Å². The van der Waals surface area contributed by atoms with Crippen LogP contribution in [-0.2, 0) is 13.0 Å². The molecule has 1 aliphatic rings. The Kier molecular flexibility index (Phi) is 4.20. The van der Waals surface area contributed by atoms with Gasteiger partial charge in [-0.1, -0.05) is 25.6 Å². The van der Waals surface area contributed by atoms with Gasteiger partial charge in [-0.3, -0.25) is 9.36 Å². The smallest absolute Gasteiger partial charge is 0.268 e. The van der Waals surface area contributed by atoms with Crippen molar-refractivity contribution in [2.45, 2.75) is 55.5 Å². The number of aromatic nitrogens is 2. The van der Waals surface area contributed by atoms with Crippen LogP contribution in [0.5, 0.6) is 0 Å². The van der Waals surface area contributed by atoms with Crippen molar-refractivity contribution in [2.75, 3.05) is 5.75 Å². The molecule has 1 aliphatic heterocycles. The molecule has 1 aromatic rings. The predicted octanol–water partition coefficient (Wildman–Crippen LogP) is 2.80. The van der Waals surface area contributed by atoms with E-state index >= 15 is 0 Å². The Morgan fingerprint density at radius 1 is 1.53 bits per heavy atom. The Bertz CT molecular complexity index is 470. The Hall–Kier alpha value is -0.420. The maximum absolute atomic E-state index is 12.3. The van der Waals surface area contributed by atoms with Crippen LogP contribution >= 0.6 is 23.5 Å². The molecule has 1 atom stereocenters. The highest BCUT2D eigenvalue weighted by molar-refractivity contribution is 8.00. The summed E-state index contributed by atoms with van der Waals surface area (Å²) in [7, 11) is 0. The molecule has 0 amide bonds. The summed E-state index contributed by atoms with van der Waals surface area (Å²) in [6, 6.07) is 0. The third kappa shape index (κ3) is 2.55. The van der Waals surface area contributed by atoms with Crippen LogP contribution in [0, 0.1) is 0 Å². The van der Waals surface area contributed by atoms with Gasteiger partial charge in [-0.25, -0.2) is 4.98 Å². The van der Waals surface area contributed by atoms with Gasteiger partial charge in [0.25, 0.3) is 5.56 Å². The Balaban J connectivity index is 2.44. The molecule has 0 saturated carbocycles. The molecule has 5 heteroatoms. The maximum atomic E-state index is 12.3. The number of thioether (sulfide) groups is 2. The zero-order valence-electron chi connectivity index (χ0n) is 10.5. The average Bonchev–Trinajstić information content (AvgIpc) is 2.67. The molecule has 2 heterocycles. The molecule has 0 spiro atoms. The van der Waals surface area contributed by atoms with E-state index in [-0.39, 0.29) is 5.56 Å². The molecule has 0 saturated heterocycles. The first kappa shape index (κ1) is 13.0. The van der Waals surface area contributed by atoms with Gasteiger partial charge in [0.05, 0.1) is 10.6 Å². The highest BCUT2D eigenvalue weighted by Gasteiger charge is 2.25. The van der Waals surface area contributed by atoms with Crippen LogP contribution in [-0.4, -0.2) is 20.6 Å². The minimum Gasteiger partial charge on any atom is -0.287 e. The first-order valence-corrected chi connectivity index (χ1v) is 7.97. The van der Waals surface area contributed by atoms with Crippen LogP contribution in [0.2, 0.25) is 0 Å². The maximum Gasteiger partial charge on any atom is 0.268 e. The minimum absolute atomic E-state index is 0.158. The van der Waals surface area contributed by atoms with E-state index in [2.05, 4.69) is 18.8 Å².